The van der Waals surface area contributed by atoms with E-state index in [9.17, 15) is 4.79 Å². The van der Waals surface area contributed by atoms with Gasteiger partial charge in [0.1, 0.15) is 5.78 Å². The predicted octanol–water partition coefficient (Wildman–Crippen LogP) is 3.54. The molecule has 98 valence electrons. The average Bonchev–Trinajstić information content (AvgIpc) is 2.91. The van der Waals surface area contributed by atoms with Crippen LogP contribution in [0.5, 0.6) is 0 Å². The summed E-state index contributed by atoms with van der Waals surface area (Å²) in [6.45, 7) is 0.882. The van der Waals surface area contributed by atoms with Crippen LogP contribution in [-0.4, -0.2) is 18.5 Å². The summed E-state index contributed by atoms with van der Waals surface area (Å²) >= 11 is 0. The van der Waals surface area contributed by atoms with Crippen molar-refractivity contribution in [2.75, 3.05) is 6.61 Å². The number of rotatable bonds is 7. The van der Waals surface area contributed by atoms with E-state index < -0.39 is 0 Å². The zero-order valence-corrected chi connectivity index (χ0v) is 10.9. The fourth-order valence-corrected chi connectivity index (χ4v) is 2.45. The first-order chi connectivity index (χ1) is 8.84. The smallest absolute Gasteiger partial charge is 0.133 e. The fourth-order valence-electron chi connectivity index (χ4n) is 2.45. The second-order valence-corrected chi connectivity index (χ2v) is 5.05. The van der Waals surface area contributed by atoms with Crippen molar-refractivity contribution in [2.24, 2.45) is 0 Å². The van der Waals surface area contributed by atoms with Crippen LogP contribution in [-0.2, 0) is 16.0 Å². The molecule has 1 aliphatic rings. The number of hydrogen-bond acceptors (Lipinski definition) is 2. The highest BCUT2D eigenvalue weighted by Crippen LogP contribution is 2.17. The minimum atomic E-state index is 0.350. The first-order valence-electron chi connectivity index (χ1n) is 7.02. The van der Waals surface area contributed by atoms with Gasteiger partial charge in [0, 0.05) is 19.4 Å². The SMILES string of the molecule is O=C(CCCc1ccccc1)CCC1CCCO1. The summed E-state index contributed by atoms with van der Waals surface area (Å²) in [5.41, 5.74) is 1.32. The first kappa shape index (κ1) is 13.3. The molecule has 1 unspecified atom stereocenters. The molecule has 1 saturated heterocycles. The molecule has 1 aromatic rings. The van der Waals surface area contributed by atoms with Crippen LogP contribution >= 0.6 is 0 Å². The van der Waals surface area contributed by atoms with Gasteiger partial charge in [-0.2, -0.15) is 0 Å². The lowest BCUT2D eigenvalue weighted by Gasteiger charge is -2.08. The Balaban J connectivity index is 1.57. The van der Waals surface area contributed by atoms with Crippen LogP contribution in [0.2, 0.25) is 0 Å². The van der Waals surface area contributed by atoms with Gasteiger partial charge >= 0.3 is 0 Å². The number of carbonyl (C=O) groups is 1. The first-order valence-corrected chi connectivity index (χ1v) is 7.02. The van der Waals surface area contributed by atoms with Crippen LogP contribution in [0.15, 0.2) is 30.3 Å². The van der Waals surface area contributed by atoms with Gasteiger partial charge in [-0.05, 0) is 37.7 Å². The molecule has 1 aromatic carbocycles. The number of carbonyl (C=O) groups excluding carboxylic acids is 1. The van der Waals surface area contributed by atoms with Crippen molar-refractivity contribution < 1.29 is 9.53 Å². The van der Waals surface area contributed by atoms with Gasteiger partial charge in [-0.1, -0.05) is 30.3 Å². The quantitative estimate of drug-likeness (QED) is 0.735. The Hall–Kier alpha value is -1.15. The summed E-state index contributed by atoms with van der Waals surface area (Å²) in [6.07, 6.45) is 6.94. The van der Waals surface area contributed by atoms with Gasteiger partial charge in [-0.25, -0.2) is 0 Å². The van der Waals surface area contributed by atoms with Crippen LogP contribution in [0, 0.1) is 0 Å². The molecule has 0 amide bonds. The molecule has 0 aromatic heterocycles. The molecule has 2 nitrogen and oxygen atoms in total. The average molecular weight is 246 g/mol. The monoisotopic (exact) mass is 246 g/mol. The highest BCUT2D eigenvalue weighted by molar-refractivity contribution is 5.78. The molecule has 1 heterocycles. The molecule has 0 N–H and O–H groups in total. The molecule has 0 aliphatic carbocycles. The van der Waals surface area contributed by atoms with Gasteiger partial charge in [0.25, 0.3) is 0 Å². The normalized spacial score (nSPS) is 19.0. The van der Waals surface area contributed by atoms with Crippen molar-refractivity contribution in [1.82, 2.24) is 0 Å². The molecule has 0 spiro atoms. The summed E-state index contributed by atoms with van der Waals surface area (Å²) in [4.78, 5) is 11.7. The van der Waals surface area contributed by atoms with Crippen LogP contribution < -0.4 is 0 Å². The number of ether oxygens (including phenoxy) is 1. The van der Waals surface area contributed by atoms with E-state index in [0.29, 0.717) is 24.7 Å². The standard InChI is InChI=1S/C16H22O2/c17-15(11-12-16-10-5-13-18-16)9-4-8-14-6-2-1-3-7-14/h1-3,6-7,16H,4-5,8-13H2. The Morgan fingerprint density at radius 1 is 1.22 bits per heavy atom. The van der Waals surface area contributed by atoms with E-state index in [-0.39, 0.29) is 0 Å². The molecule has 0 radical (unpaired) electrons. The molecule has 0 saturated carbocycles. The zero-order valence-electron chi connectivity index (χ0n) is 10.9. The van der Waals surface area contributed by atoms with Crippen molar-refractivity contribution in [3.63, 3.8) is 0 Å². The molecule has 18 heavy (non-hydrogen) atoms. The summed E-state index contributed by atoms with van der Waals surface area (Å²) in [6, 6.07) is 10.4. The van der Waals surface area contributed by atoms with E-state index in [1.807, 2.05) is 6.07 Å². The number of Topliss-reactive ketones (excluding diaryl/α,β-unsaturated/α-hetero) is 1. The van der Waals surface area contributed by atoms with Crippen LogP contribution in [0.25, 0.3) is 0 Å². The minimum absolute atomic E-state index is 0.350. The van der Waals surface area contributed by atoms with Crippen molar-refractivity contribution in [3.8, 4) is 0 Å². The van der Waals surface area contributed by atoms with E-state index in [0.717, 1.165) is 38.7 Å². The highest BCUT2D eigenvalue weighted by Gasteiger charge is 2.16. The van der Waals surface area contributed by atoms with E-state index in [4.69, 9.17) is 4.74 Å². The fraction of sp³-hybridized carbons (Fsp3) is 0.562. The lowest BCUT2D eigenvalue weighted by Crippen LogP contribution is -2.08. The third-order valence-electron chi connectivity index (χ3n) is 3.53. The Morgan fingerprint density at radius 2 is 2.06 bits per heavy atom. The highest BCUT2D eigenvalue weighted by atomic mass is 16.5. The Morgan fingerprint density at radius 3 is 2.78 bits per heavy atom. The lowest BCUT2D eigenvalue weighted by molar-refractivity contribution is -0.119. The van der Waals surface area contributed by atoms with Crippen molar-refractivity contribution in [1.29, 1.82) is 0 Å². The Labute approximate surface area is 109 Å². The van der Waals surface area contributed by atoms with Crippen LogP contribution in [0.4, 0.5) is 0 Å². The summed E-state index contributed by atoms with van der Waals surface area (Å²) < 4.78 is 5.52. The maximum Gasteiger partial charge on any atom is 0.133 e. The third kappa shape index (κ3) is 4.61. The third-order valence-corrected chi connectivity index (χ3v) is 3.53. The van der Waals surface area contributed by atoms with E-state index >= 15 is 0 Å². The molecular weight excluding hydrogens is 224 g/mol. The van der Waals surface area contributed by atoms with E-state index in [2.05, 4.69) is 24.3 Å². The maximum absolute atomic E-state index is 11.7. The zero-order chi connectivity index (χ0) is 12.6. The predicted molar refractivity (Wildman–Crippen MR) is 72.6 cm³/mol. The molecular formula is C16H22O2. The molecule has 2 rings (SSSR count). The van der Waals surface area contributed by atoms with Gasteiger partial charge in [0.2, 0.25) is 0 Å². The maximum atomic E-state index is 11.7. The van der Waals surface area contributed by atoms with Crippen molar-refractivity contribution in [3.05, 3.63) is 35.9 Å². The van der Waals surface area contributed by atoms with Gasteiger partial charge in [-0.3, -0.25) is 4.79 Å². The second-order valence-electron chi connectivity index (χ2n) is 5.05. The minimum Gasteiger partial charge on any atom is -0.378 e. The topological polar surface area (TPSA) is 26.3 Å². The van der Waals surface area contributed by atoms with Gasteiger partial charge in [0.15, 0.2) is 0 Å². The van der Waals surface area contributed by atoms with Gasteiger partial charge < -0.3 is 4.74 Å². The molecule has 1 fully saturated rings. The van der Waals surface area contributed by atoms with Crippen LogP contribution in [0.3, 0.4) is 0 Å². The molecule has 2 heteroatoms. The summed E-state index contributed by atoms with van der Waals surface area (Å²) in [5.74, 6) is 0.390. The molecule has 1 atom stereocenters. The van der Waals surface area contributed by atoms with Crippen molar-refractivity contribution >= 4 is 5.78 Å². The number of aryl methyl sites for hydroxylation is 1. The van der Waals surface area contributed by atoms with Gasteiger partial charge in [-0.15, -0.1) is 0 Å². The molecule has 1 aliphatic heterocycles. The largest absolute Gasteiger partial charge is 0.378 e. The Kier molecular flexibility index (Phi) is 5.40. The number of ketones is 1. The van der Waals surface area contributed by atoms with E-state index in [1.165, 1.54) is 5.56 Å². The summed E-state index contributed by atoms with van der Waals surface area (Å²) in [5, 5.41) is 0. The number of benzene rings is 1. The Bertz CT molecular complexity index is 353. The lowest BCUT2D eigenvalue weighted by atomic mass is 10.0. The van der Waals surface area contributed by atoms with Gasteiger partial charge in [0.05, 0.1) is 6.10 Å². The number of hydrogen-bond donors (Lipinski definition) is 0. The van der Waals surface area contributed by atoms with Crippen molar-refractivity contribution in [2.45, 2.75) is 51.0 Å². The van der Waals surface area contributed by atoms with E-state index in [1.54, 1.807) is 0 Å². The second kappa shape index (κ2) is 7.32. The summed E-state index contributed by atoms with van der Waals surface area (Å²) in [7, 11) is 0. The molecule has 0 bridgehead atoms. The van der Waals surface area contributed by atoms with Crippen LogP contribution in [0.1, 0.15) is 44.1 Å².